The smallest absolute Gasteiger partial charge is 0.247 e. The van der Waals surface area contributed by atoms with Crippen molar-refractivity contribution in [3.63, 3.8) is 0 Å². The fourth-order valence-electron chi connectivity index (χ4n) is 2.09. The number of hydrogen-bond donors (Lipinski definition) is 1. The number of ether oxygens (including phenoxy) is 1. The Kier molecular flexibility index (Phi) is 4.27. The van der Waals surface area contributed by atoms with E-state index in [1.54, 1.807) is 17.8 Å². The number of thioether (sulfide) groups is 1. The minimum absolute atomic E-state index is 0.00832. The maximum atomic E-state index is 12.7. The number of sulfonamides is 1. The summed E-state index contributed by atoms with van der Waals surface area (Å²) in [6.07, 6.45) is 0. The molecule has 1 unspecified atom stereocenters. The van der Waals surface area contributed by atoms with Crippen LogP contribution in [0.15, 0.2) is 23.1 Å². The number of nitrogens with two attached hydrogens (primary N) is 1. The molecule has 19 heavy (non-hydrogen) atoms. The standard InChI is InChI=1S/C12H18N2O3S2/c1-9-8-18-6-5-14(9)19(15,16)12-4-3-10(13)7-11(12)17-2/h3-4,7,9H,5-6,8,13H2,1-2H3. The van der Waals surface area contributed by atoms with Crippen molar-refractivity contribution in [2.45, 2.75) is 17.9 Å². The highest BCUT2D eigenvalue weighted by atomic mass is 32.2. The Morgan fingerprint density at radius 3 is 2.84 bits per heavy atom. The van der Waals surface area contributed by atoms with Gasteiger partial charge in [-0.15, -0.1) is 0 Å². The molecule has 1 aliphatic rings. The van der Waals surface area contributed by atoms with Crippen LogP contribution >= 0.6 is 11.8 Å². The van der Waals surface area contributed by atoms with Crippen molar-refractivity contribution in [2.75, 3.05) is 30.9 Å². The number of nitrogens with zero attached hydrogens (tertiary/aromatic N) is 1. The third-order valence-corrected chi connectivity index (χ3v) is 6.32. The number of hydrogen-bond acceptors (Lipinski definition) is 5. The van der Waals surface area contributed by atoms with E-state index in [-0.39, 0.29) is 10.9 Å². The molecule has 1 aromatic rings. The molecule has 1 atom stereocenters. The third kappa shape index (κ3) is 2.82. The summed E-state index contributed by atoms with van der Waals surface area (Å²) in [6.45, 7) is 2.45. The molecule has 0 saturated carbocycles. The molecule has 2 N–H and O–H groups in total. The molecule has 7 heteroatoms. The summed E-state index contributed by atoms with van der Waals surface area (Å²) >= 11 is 1.77. The van der Waals surface area contributed by atoms with Gasteiger partial charge in [0.15, 0.2) is 0 Å². The van der Waals surface area contributed by atoms with Gasteiger partial charge in [-0.2, -0.15) is 16.1 Å². The van der Waals surface area contributed by atoms with E-state index in [2.05, 4.69) is 0 Å². The van der Waals surface area contributed by atoms with Crippen LogP contribution in [-0.4, -0.2) is 43.9 Å². The number of benzene rings is 1. The van der Waals surface area contributed by atoms with Crippen LogP contribution in [-0.2, 0) is 10.0 Å². The Morgan fingerprint density at radius 2 is 2.21 bits per heavy atom. The van der Waals surface area contributed by atoms with Gasteiger partial charge in [0.1, 0.15) is 10.6 Å². The van der Waals surface area contributed by atoms with E-state index in [0.717, 1.165) is 11.5 Å². The first-order valence-corrected chi connectivity index (χ1v) is 8.59. The van der Waals surface area contributed by atoms with Gasteiger partial charge in [0.25, 0.3) is 0 Å². The van der Waals surface area contributed by atoms with Crippen molar-refractivity contribution in [1.82, 2.24) is 4.31 Å². The summed E-state index contributed by atoms with van der Waals surface area (Å²) in [5, 5.41) is 0. The minimum Gasteiger partial charge on any atom is -0.495 e. The van der Waals surface area contributed by atoms with Crippen molar-refractivity contribution in [1.29, 1.82) is 0 Å². The number of methoxy groups -OCH3 is 1. The summed E-state index contributed by atoms with van der Waals surface area (Å²) in [6, 6.07) is 4.62. The van der Waals surface area contributed by atoms with Gasteiger partial charge in [-0.25, -0.2) is 8.42 Å². The van der Waals surface area contributed by atoms with Gasteiger partial charge >= 0.3 is 0 Å². The summed E-state index contributed by atoms with van der Waals surface area (Å²) in [5.41, 5.74) is 6.14. The monoisotopic (exact) mass is 302 g/mol. The zero-order valence-corrected chi connectivity index (χ0v) is 12.6. The molecule has 1 aliphatic heterocycles. The van der Waals surface area contributed by atoms with Crippen molar-refractivity contribution in [2.24, 2.45) is 0 Å². The first-order valence-electron chi connectivity index (χ1n) is 6.00. The van der Waals surface area contributed by atoms with Gasteiger partial charge < -0.3 is 10.5 Å². The largest absolute Gasteiger partial charge is 0.495 e. The highest BCUT2D eigenvalue weighted by Gasteiger charge is 2.33. The Bertz CT molecular complexity index is 560. The third-order valence-electron chi connectivity index (χ3n) is 3.08. The molecule has 1 fully saturated rings. The lowest BCUT2D eigenvalue weighted by Crippen LogP contribution is -2.44. The molecule has 0 aromatic heterocycles. The molecule has 2 rings (SSSR count). The lowest BCUT2D eigenvalue weighted by molar-refractivity contribution is 0.360. The molecule has 0 radical (unpaired) electrons. The van der Waals surface area contributed by atoms with Crippen LogP contribution in [0, 0.1) is 0 Å². The van der Waals surface area contributed by atoms with Crippen LogP contribution in [0.25, 0.3) is 0 Å². The van der Waals surface area contributed by atoms with Crippen molar-refractivity contribution in [3.05, 3.63) is 18.2 Å². The van der Waals surface area contributed by atoms with Crippen LogP contribution in [0.4, 0.5) is 5.69 Å². The Labute approximate surface area is 118 Å². The molecule has 1 saturated heterocycles. The lowest BCUT2D eigenvalue weighted by atomic mass is 10.3. The fourth-order valence-corrected chi connectivity index (χ4v) is 5.09. The van der Waals surface area contributed by atoms with Crippen LogP contribution in [0.5, 0.6) is 5.75 Å². The van der Waals surface area contributed by atoms with Crippen molar-refractivity contribution < 1.29 is 13.2 Å². The van der Waals surface area contributed by atoms with Crippen LogP contribution < -0.4 is 10.5 Å². The van der Waals surface area contributed by atoms with E-state index in [0.29, 0.717) is 18.0 Å². The molecular formula is C12H18N2O3S2. The van der Waals surface area contributed by atoms with Crippen LogP contribution in [0.3, 0.4) is 0 Å². The van der Waals surface area contributed by atoms with E-state index < -0.39 is 10.0 Å². The van der Waals surface area contributed by atoms with Gasteiger partial charge in [-0.3, -0.25) is 0 Å². The van der Waals surface area contributed by atoms with Gasteiger partial charge in [0, 0.05) is 35.8 Å². The molecule has 0 spiro atoms. The molecule has 1 aromatic carbocycles. The SMILES string of the molecule is COc1cc(N)ccc1S(=O)(=O)N1CCSCC1C. The second-order valence-corrected chi connectivity index (χ2v) is 7.46. The van der Waals surface area contributed by atoms with Crippen molar-refractivity contribution in [3.8, 4) is 5.75 Å². The Balaban J connectivity index is 2.44. The second kappa shape index (κ2) is 5.60. The highest BCUT2D eigenvalue weighted by Crippen LogP contribution is 2.31. The van der Waals surface area contributed by atoms with Gasteiger partial charge in [-0.05, 0) is 19.1 Å². The first-order chi connectivity index (χ1) is 8.96. The first kappa shape index (κ1) is 14.5. The van der Waals surface area contributed by atoms with E-state index in [1.165, 1.54) is 23.5 Å². The van der Waals surface area contributed by atoms with Gasteiger partial charge in [0.2, 0.25) is 10.0 Å². The molecular weight excluding hydrogens is 284 g/mol. The van der Waals surface area contributed by atoms with Gasteiger partial charge in [-0.1, -0.05) is 0 Å². The predicted molar refractivity (Wildman–Crippen MR) is 78.1 cm³/mol. The second-order valence-electron chi connectivity index (χ2n) is 4.45. The predicted octanol–water partition coefficient (Wildman–Crippen LogP) is 1.40. The van der Waals surface area contributed by atoms with E-state index >= 15 is 0 Å². The molecule has 106 valence electrons. The molecule has 0 bridgehead atoms. The van der Waals surface area contributed by atoms with Crippen LogP contribution in [0.1, 0.15) is 6.92 Å². The molecule has 0 aliphatic carbocycles. The van der Waals surface area contributed by atoms with Crippen molar-refractivity contribution >= 4 is 27.5 Å². The number of rotatable bonds is 3. The summed E-state index contributed by atoms with van der Waals surface area (Å²) in [4.78, 5) is 0.183. The lowest BCUT2D eigenvalue weighted by Gasteiger charge is -2.32. The minimum atomic E-state index is -3.53. The Hall–Kier alpha value is -0.920. The molecule has 1 heterocycles. The van der Waals surface area contributed by atoms with E-state index in [1.807, 2.05) is 6.92 Å². The van der Waals surface area contributed by atoms with Crippen LogP contribution in [0.2, 0.25) is 0 Å². The number of nitrogen functional groups attached to an aromatic ring is 1. The molecule has 5 nitrogen and oxygen atoms in total. The van der Waals surface area contributed by atoms with E-state index in [9.17, 15) is 8.42 Å². The maximum Gasteiger partial charge on any atom is 0.247 e. The topological polar surface area (TPSA) is 72.6 Å². The highest BCUT2D eigenvalue weighted by molar-refractivity contribution is 7.99. The normalized spacial score (nSPS) is 21.3. The summed E-state index contributed by atoms with van der Waals surface area (Å²) in [7, 11) is -2.08. The Morgan fingerprint density at radius 1 is 1.47 bits per heavy atom. The average molecular weight is 302 g/mol. The zero-order chi connectivity index (χ0) is 14.0. The zero-order valence-electron chi connectivity index (χ0n) is 11.0. The average Bonchev–Trinajstić information content (AvgIpc) is 2.38. The maximum absolute atomic E-state index is 12.7. The summed E-state index contributed by atoms with van der Waals surface area (Å²) < 4.78 is 32.1. The van der Waals surface area contributed by atoms with E-state index in [4.69, 9.17) is 10.5 Å². The quantitative estimate of drug-likeness (QED) is 0.855. The fraction of sp³-hybridized carbons (Fsp3) is 0.500. The summed E-state index contributed by atoms with van der Waals surface area (Å²) in [5.74, 6) is 1.93. The molecule has 0 amide bonds. The number of anilines is 1. The van der Waals surface area contributed by atoms with Gasteiger partial charge in [0.05, 0.1) is 7.11 Å².